The molecule has 0 saturated carbocycles. The van der Waals surface area contributed by atoms with Gasteiger partial charge in [-0.1, -0.05) is 140 Å². The quantitative estimate of drug-likeness (QED) is 0.430. The van der Waals surface area contributed by atoms with Gasteiger partial charge in [-0.15, -0.1) is 6.10 Å². The van der Waals surface area contributed by atoms with Gasteiger partial charge < -0.3 is 25.3 Å². The summed E-state index contributed by atoms with van der Waals surface area (Å²) in [6.07, 6.45) is -3.44. The zero-order valence-electron chi connectivity index (χ0n) is 19.2. The van der Waals surface area contributed by atoms with Gasteiger partial charge in [0.15, 0.2) is 0 Å². The molecule has 3 rings (SSSR count). The van der Waals surface area contributed by atoms with Crippen LogP contribution < -0.4 is 20.4 Å². The number of rotatable bonds is 9. The number of nitrogens with zero attached hydrogens (tertiary/aromatic N) is 1. The first kappa shape index (κ1) is 29.2. The topological polar surface area (TPSA) is 95.5 Å². The molecule has 0 unspecified atom stereocenters. The zero-order valence-corrected chi connectivity index (χ0v) is 20.7. The molecule has 33 heavy (non-hydrogen) atoms. The maximum Gasteiger partial charge on any atom is 4.00 e. The number of hydrogen-bond donors (Lipinski definition) is 0. The largest absolute Gasteiger partial charge is 4.00 e. The summed E-state index contributed by atoms with van der Waals surface area (Å²) in [6, 6.07) is 27.2. The van der Waals surface area contributed by atoms with Crippen molar-refractivity contribution in [3.8, 4) is 0 Å². The Hall–Kier alpha value is -1.83. The summed E-state index contributed by atoms with van der Waals surface area (Å²) < 4.78 is 0. The van der Waals surface area contributed by atoms with E-state index < -0.39 is 24.4 Å². The summed E-state index contributed by atoms with van der Waals surface area (Å²) in [5, 5.41) is 47.7. The summed E-state index contributed by atoms with van der Waals surface area (Å²) in [6.45, 7) is 3.60. The first-order valence-electron chi connectivity index (χ1n) is 10.9. The second-order valence-electron chi connectivity index (χ2n) is 7.97. The van der Waals surface area contributed by atoms with E-state index in [-0.39, 0.29) is 41.4 Å². The number of hydrogen-bond acceptors (Lipinski definition) is 5. The molecule has 0 heterocycles. The Bertz CT molecular complexity index is 749. The third kappa shape index (κ3) is 11.2. The van der Waals surface area contributed by atoms with Crippen molar-refractivity contribution in [2.75, 3.05) is 19.6 Å². The summed E-state index contributed by atoms with van der Waals surface area (Å²) in [4.78, 5) is 1.72. The molecule has 3 aromatic carbocycles. The molecule has 0 bridgehead atoms. The van der Waals surface area contributed by atoms with Crippen LogP contribution >= 0.6 is 0 Å². The Balaban J connectivity index is 0.00000101. The monoisotopic (exact) mass is 481 g/mol. The molecule has 5 nitrogen and oxygen atoms in total. The molecule has 3 aromatic rings. The molecule has 0 spiro atoms. The van der Waals surface area contributed by atoms with Crippen LogP contribution in [0.5, 0.6) is 0 Å². The van der Waals surface area contributed by atoms with Crippen LogP contribution in [0.25, 0.3) is 0 Å². The van der Waals surface area contributed by atoms with E-state index in [1.54, 1.807) is 55.1 Å². The van der Waals surface area contributed by atoms with Crippen LogP contribution in [0.15, 0.2) is 91.0 Å². The second kappa shape index (κ2) is 15.9. The Morgan fingerprint density at radius 2 is 0.727 bits per heavy atom. The Kier molecular flexibility index (Phi) is 14.1. The fourth-order valence-electron chi connectivity index (χ4n) is 3.25. The van der Waals surface area contributed by atoms with E-state index in [1.165, 1.54) is 0 Å². The molecule has 172 valence electrons. The first-order chi connectivity index (χ1) is 15.4. The average Bonchev–Trinajstić information content (AvgIpc) is 2.80. The van der Waals surface area contributed by atoms with Crippen molar-refractivity contribution in [2.24, 2.45) is 0 Å². The van der Waals surface area contributed by atoms with Crippen molar-refractivity contribution in [3.05, 3.63) is 108 Å². The molecule has 0 amide bonds. The first-order valence-corrected chi connectivity index (χ1v) is 10.9. The molecule has 0 saturated heterocycles. The van der Waals surface area contributed by atoms with Gasteiger partial charge in [-0.2, -0.15) is 0 Å². The predicted molar refractivity (Wildman–Crippen MR) is 119 cm³/mol. The normalized spacial score (nSPS) is 13.5. The van der Waals surface area contributed by atoms with Gasteiger partial charge in [0.1, 0.15) is 0 Å². The van der Waals surface area contributed by atoms with Crippen LogP contribution in [0.3, 0.4) is 0 Å². The summed E-state index contributed by atoms with van der Waals surface area (Å²) in [7, 11) is 0. The smallest absolute Gasteiger partial charge is 0.852 e. The van der Waals surface area contributed by atoms with Crippen LogP contribution in [-0.4, -0.2) is 30.6 Å². The van der Waals surface area contributed by atoms with E-state index >= 15 is 0 Å². The van der Waals surface area contributed by atoms with Crippen LogP contribution in [0.4, 0.5) is 0 Å². The van der Waals surface area contributed by atoms with E-state index in [0.29, 0.717) is 16.7 Å². The third-order valence-corrected chi connectivity index (χ3v) is 4.79. The van der Waals surface area contributed by atoms with Crippen LogP contribution in [0.1, 0.15) is 48.8 Å². The van der Waals surface area contributed by atoms with Gasteiger partial charge in [0.25, 0.3) is 0 Å². The SMILES string of the molecule is CC(C)[O-].[O-][C@H](CN(C[C@@H]([O-])c1ccccc1)C[C@H]([O-])c1ccccc1)c1ccccc1.[Ti+4]. The van der Waals surface area contributed by atoms with Gasteiger partial charge >= 0.3 is 21.7 Å². The van der Waals surface area contributed by atoms with Crippen LogP contribution in [0.2, 0.25) is 0 Å². The molecule has 6 heteroatoms. The minimum absolute atomic E-state index is 0. The van der Waals surface area contributed by atoms with Crippen molar-refractivity contribution < 1.29 is 42.1 Å². The third-order valence-electron chi connectivity index (χ3n) is 4.79. The molecule has 0 aromatic heterocycles. The second-order valence-corrected chi connectivity index (χ2v) is 7.97. The fraction of sp³-hybridized carbons (Fsp3) is 0.333. The van der Waals surface area contributed by atoms with Crippen molar-refractivity contribution in [1.82, 2.24) is 4.90 Å². The molecule has 0 aliphatic carbocycles. The minimum atomic E-state index is -1.01. The summed E-state index contributed by atoms with van der Waals surface area (Å²) >= 11 is 0. The van der Waals surface area contributed by atoms with E-state index in [2.05, 4.69) is 0 Å². The molecule has 0 fully saturated rings. The molecular weight excluding hydrogens is 450 g/mol. The number of benzene rings is 3. The van der Waals surface area contributed by atoms with Crippen molar-refractivity contribution in [3.63, 3.8) is 0 Å². The molecular formula is C27H31NO4Ti. The maximum absolute atomic E-state index is 12.7. The van der Waals surface area contributed by atoms with Crippen molar-refractivity contribution in [2.45, 2.75) is 38.3 Å². The fourth-order valence-corrected chi connectivity index (χ4v) is 3.25. The predicted octanol–water partition coefficient (Wildman–Crippen LogP) is 1.35. The van der Waals surface area contributed by atoms with E-state index in [1.807, 2.05) is 54.6 Å². The Morgan fingerprint density at radius 3 is 0.939 bits per heavy atom. The van der Waals surface area contributed by atoms with E-state index in [9.17, 15) is 20.4 Å². The van der Waals surface area contributed by atoms with Crippen molar-refractivity contribution >= 4 is 0 Å². The average molecular weight is 481 g/mol. The minimum Gasteiger partial charge on any atom is -0.852 e. The molecule has 0 N–H and O–H groups in total. The summed E-state index contributed by atoms with van der Waals surface area (Å²) in [5.41, 5.74) is 1.99. The van der Waals surface area contributed by atoms with E-state index in [4.69, 9.17) is 0 Å². The molecule has 0 aliphatic rings. The Morgan fingerprint density at radius 1 is 0.515 bits per heavy atom. The molecule has 0 radical (unpaired) electrons. The maximum atomic E-state index is 12.7. The molecule has 3 atom stereocenters. The zero-order chi connectivity index (χ0) is 23.3. The summed E-state index contributed by atoms with van der Waals surface area (Å²) in [5.74, 6) is 0. The standard InChI is InChI=1S/C24H24NO3.C3H7O.Ti/c26-22(19-10-4-1-5-11-19)16-25(17-23(27)20-12-6-2-7-13-20)18-24(28)21-14-8-3-9-15-21;1-3(2)4;/h1-15,22-24H,16-18H2;3H,1-2H3;/q-3;-1;+4/t22-,23-,24+;;/m1../s1. The van der Waals surface area contributed by atoms with Gasteiger partial charge in [0.2, 0.25) is 0 Å². The van der Waals surface area contributed by atoms with Gasteiger partial charge in [-0.3, -0.25) is 0 Å². The van der Waals surface area contributed by atoms with Gasteiger partial charge in [0, 0.05) is 0 Å². The Labute approximate surface area is 212 Å². The van der Waals surface area contributed by atoms with Crippen molar-refractivity contribution in [1.29, 1.82) is 0 Å². The van der Waals surface area contributed by atoms with Gasteiger partial charge in [0.05, 0.1) is 0 Å². The van der Waals surface area contributed by atoms with Gasteiger partial charge in [-0.25, -0.2) is 0 Å². The van der Waals surface area contributed by atoms with Crippen LogP contribution in [-0.2, 0) is 21.7 Å². The van der Waals surface area contributed by atoms with Crippen LogP contribution in [0, 0.1) is 0 Å². The molecule has 0 aliphatic heterocycles. The van der Waals surface area contributed by atoms with E-state index in [0.717, 1.165) is 0 Å². The van der Waals surface area contributed by atoms with Gasteiger partial charge in [-0.05, 0) is 19.6 Å².